The molecule has 3 heterocycles. The van der Waals surface area contributed by atoms with E-state index in [2.05, 4.69) is 39.3 Å². The number of amides is 2. The lowest BCUT2D eigenvalue weighted by Crippen LogP contribution is -2.44. The molecule has 0 unspecified atom stereocenters. The van der Waals surface area contributed by atoms with E-state index in [1.54, 1.807) is 6.20 Å². The molecular weight excluding hydrogens is 308 g/mol. The summed E-state index contributed by atoms with van der Waals surface area (Å²) in [7, 11) is 0. The topological polar surface area (TPSA) is 50.2 Å². The largest absolute Gasteiger partial charge is 0.348 e. The van der Waals surface area contributed by atoms with E-state index in [4.69, 9.17) is 0 Å². The van der Waals surface area contributed by atoms with Gasteiger partial charge in [-0.25, -0.2) is 9.78 Å². The molecule has 1 N–H and O–H groups in total. The predicted molar refractivity (Wildman–Crippen MR) is 90.6 cm³/mol. The van der Waals surface area contributed by atoms with Crippen molar-refractivity contribution in [1.29, 1.82) is 0 Å². The molecule has 0 radical (unpaired) electrons. The Kier molecular flexibility index (Phi) is 3.59. The van der Waals surface area contributed by atoms with E-state index in [0.29, 0.717) is 11.7 Å². The second-order valence-corrected chi connectivity index (χ2v) is 6.30. The van der Waals surface area contributed by atoms with Crippen LogP contribution in [0.1, 0.15) is 17.3 Å². The van der Waals surface area contributed by atoms with Gasteiger partial charge >= 0.3 is 6.03 Å². The zero-order valence-corrected chi connectivity index (χ0v) is 13.2. The number of thiazole rings is 1. The van der Waals surface area contributed by atoms with Crippen molar-refractivity contribution in [3.8, 4) is 0 Å². The van der Waals surface area contributed by atoms with Gasteiger partial charge in [-0.05, 0) is 17.7 Å². The molecule has 1 aromatic carbocycles. The van der Waals surface area contributed by atoms with Gasteiger partial charge in [0.25, 0.3) is 0 Å². The molecular formula is C17H16N4OS. The highest BCUT2D eigenvalue weighted by Crippen LogP contribution is 2.32. The van der Waals surface area contributed by atoms with Crippen molar-refractivity contribution < 1.29 is 4.79 Å². The molecule has 0 aliphatic carbocycles. The van der Waals surface area contributed by atoms with E-state index in [-0.39, 0.29) is 12.1 Å². The average molecular weight is 324 g/mol. The molecule has 2 aromatic heterocycles. The number of urea groups is 1. The van der Waals surface area contributed by atoms with Gasteiger partial charge in [0, 0.05) is 36.6 Å². The minimum Gasteiger partial charge on any atom is -0.348 e. The Balaban J connectivity index is 1.69. The van der Waals surface area contributed by atoms with Crippen molar-refractivity contribution in [1.82, 2.24) is 14.5 Å². The van der Waals surface area contributed by atoms with Crippen LogP contribution in [0.5, 0.6) is 0 Å². The van der Waals surface area contributed by atoms with Gasteiger partial charge in [0.05, 0.1) is 6.04 Å². The summed E-state index contributed by atoms with van der Waals surface area (Å²) >= 11 is 1.42. The lowest BCUT2D eigenvalue weighted by molar-refractivity contribution is 0.182. The molecule has 116 valence electrons. The van der Waals surface area contributed by atoms with Gasteiger partial charge in [-0.15, -0.1) is 11.3 Å². The van der Waals surface area contributed by atoms with E-state index in [0.717, 1.165) is 17.8 Å². The molecule has 1 aliphatic heterocycles. The lowest BCUT2D eigenvalue weighted by atomic mass is 10.0. The molecule has 1 aliphatic rings. The molecule has 0 saturated heterocycles. The number of benzene rings is 1. The third-order valence-electron chi connectivity index (χ3n) is 4.06. The van der Waals surface area contributed by atoms with Crippen LogP contribution in [-0.2, 0) is 6.54 Å². The minimum atomic E-state index is -0.110. The summed E-state index contributed by atoms with van der Waals surface area (Å²) in [5, 5.41) is 5.38. The van der Waals surface area contributed by atoms with Crippen molar-refractivity contribution in [2.45, 2.75) is 12.6 Å². The number of carbonyl (C=O) groups excluding carboxylic acids is 1. The second kappa shape index (κ2) is 5.89. The smallest absolute Gasteiger partial charge is 0.324 e. The predicted octanol–water partition coefficient (Wildman–Crippen LogP) is 3.58. The third kappa shape index (κ3) is 2.61. The maximum atomic E-state index is 12.8. The molecule has 6 heteroatoms. The van der Waals surface area contributed by atoms with Crippen molar-refractivity contribution in [3.63, 3.8) is 0 Å². The van der Waals surface area contributed by atoms with E-state index in [9.17, 15) is 4.79 Å². The van der Waals surface area contributed by atoms with Gasteiger partial charge in [-0.2, -0.15) is 0 Å². The molecule has 2 amide bonds. The standard InChI is InChI=1S/C17H16N4OS/c22-17(19-16-18-8-12-23-16)21-11-10-20-9-4-7-14(20)15(21)13-5-2-1-3-6-13/h1-9,12,15H,10-11H2,(H,18,19,22)/t15-/m1/s1. The van der Waals surface area contributed by atoms with Crippen molar-refractivity contribution in [3.05, 3.63) is 71.5 Å². The van der Waals surface area contributed by atoms with Crippen molar-refractivity contribution in [2.75, 3.05) is 11.9 Å². The SMILES string of the molecule is O=C(Nc1nccs1)N1CCn2cccc2[C@H]1c1ccccc1. The molecule has 1 atom stereocenters. The van der Waals surface area contributed by atoms with Crippen LogP contribution in [0.3, 0.4) is 0 Å². The van der Waals surface area contributed by atoms with Crippen LogP contribution >= 0.6 is 11.3 Å². The molecule has 0 fully saturated rings. The highest BCUT2D eigenvalue weighted by atomic mass is 32.1. The summed E-state index contributed by atoms with van der Waals surface area (Å²) in [4.78, 5) is 18.8. The van der Waals surface area contributed by atoms with E-state index >= 15 is 0 Å². The summed E-state index contributed by atoms with van der Waals surface area (Å²) in [6.45, 7) is 1.47. The number of nitrogens with zero attached hydrogens (tertiary/aromatic N) is 3. The first-order valence-corrected chi connectivity index (χ1v) is 8.38. The molecule has 4 rings (SSSR count). The summed E-state index contributed by atoms with van der Waals surface area (Å²) in [6.07, 6.45) is 3.76. The van der Waals surface area contributed by atoms with E-state index in [1.807, 2.05) is 34.5 Å². The maximum Gasteiger partial charge on any atom is 0.324 e. The number of rotatable bonds is 2. The number of anilines is 1. The Labute approximate surface area is 138 Å². The first-order valence-electron chi connectivity index (χ1n) is 7.50. The Hall–Kier alpha value is -2.60. The van der Waals surface area contributed by atoms with Crippen LogP contribution in [0, 0.1) is 0 Å². The molecule has 3 aromatic rings. The minimum absolute atomic E-state index is 0.0834. The van der Waals surface area contributed by atoms with Crippen LogP contribution in [0.4, 0.5) is 9.93 Å². The average Bonchev–Trinajstić information content (AvgIpc) is 3.25. The van der Waals surface area contributed by atoms with E-state index in [1.165, 1.54) is 11.3 Å². The van der Waals surface area contributed by atoms with Crippen LogP contribution in [-0.4, -0.2) is 27.0 Å². The quantitative estimate of drug-likeness (QED) is 0.783. The molecule has 0 saturated carbocycles. The van der Waals surface area contributed by atoms with Crippen LogP contribution in [0.2, 0.25) is 0 Å². The zero-order valence-electron chi connectivity index (χ0n) is 12.4. The van der Waals surface area contributed by atoms with Gasteiger partial charge in [0.2, 0.25) is 0 Å². The molecule has 0 bridgehead atoms. The fourth-order valence-corrected chi connectivity index (χ4v) is 3.56. The van der Waals surface area contributed by atoms with Gasteiger partial charge < -0.3 is 9.47 Å². The Bertz CT molecular complexity index is 797. The Morgan fingerprint density at radius 3 is 2.83 bits per heavy atom. The molecule has 0 spiro atoms. The highest BCUT2D eigenvalue weighted by Gasteiger charge is 2.32. The maximum absolute atomic E-state index is 12.8. The fourth-order valence-electron chi connectivity index (χ4n) is 3.04. The molecule has 23 heavy (non-hydrogen) atoms. The van der Waals surface area contributed by atoms with Crippen LogP contribution in [0.25, 0.3) is 0 Å². The van der Waals surface area contributed by atoms with Gasteiger partial charge in [0.1, 0.15) is 0 Å². The Morgan fingerprint density at radius 1 is 1.17 bits per heavy atom. The normalized spacial score (nSPS) is 16.9. The van der Waals surface area contributed by atoms with E-state index < -0.39 is 0 Å². The van der Waals surface area contributed by atoms with Crippen LogP contribution in [0.15, 0.2) is 60.2 Å². The fraction of sp³-hybridized carbons (Fsp3) is 0.176. The summed E-state index contributed by atoms with van der Waals surface area (Å²) < 4.78 is 2.21. The number of hydrogen-bond acceptors (Lipinski definition) is 3. The number of carbonyl (C=O) groups is 1. The number of nitrogens with one attached hydrogen (secondary N) is 1. The zero-order chi connectivity index (χ0) is 15.6. The summed E-state index contributed by atoms with van der Waals surface area (Å²) in [5.41, 5.74) is 2.25. The summed E-state index contributed by atoms with van der Waals surface area (Å²) in [5.74, 6) is 0. The van der Waals surface area contributed by atoms with Crippen molar-refractivity contribution >= 4 is 22.5 Å². The van der Waals surface area contributed by atoms with Gasteiger partial charge in [0.15, 0.2) is 5.13 Å². The number of aromatic nitrogens is 2. The number of hydrogen-bond donors (Lipinski definition) is 1. The second-order valence-electron chi connectivity index (χ2n) is 5.40. The van der Waals surface area contributed by atoms with Gasteiger partial charge in [-0.3, -0.25) is 5.32 Å². The lowest BCUT2D eigenvalue weighted by Gasteiger charge is -2.37. The summed E-state index contributed by atoms with van der Waals surface area (Å²) in [6, 6.07) is 14.1. The first kappa shape index (κ1) is 14.0. The number of fused-ring (bicyclic) bond motifs is 1. The molecule has 5 nitrogen and oxygen atoms in total. The first-order chi connectivity index (χ1) is 11.3. The van der Waals surface area contributed by atoms with Crippen molar-refractivity contribution in [2.24, 2.45) is 0 Å². The highest BCUT2D eigenvalue weighted by molar-refractivity contribution is 7.13. The van der Waals surface area contributed by atoms with Gasteiger partial charge in [-0.1, -0.05) is 30.3 Å². The third-order valence-corrected chi connectivity index (χ3v) is 4.75. The monoisotopic (exact) mass is 324 g/mol. The Morgan fingerprint density at radius 2 is 2.04 bits per heavy atom. The van der Waals surface area contributed by atoms with Crippen LogP contribution < -0.4 is 5.32 Å².